The second-order valence-corrected chi connectivity index (χ2v) is 1.14. The van der Waals surface area contributed by atoms with Gasteiger partial charge in [-0.2, -0.15) is 5.10 Å². The average molecular weight is 119 g/mol. The van der Waals surface area contributed by atoms with Crippen LogP contribution >= 0.6 is 0 Å². The van der Waals surface area contributed by atoms with E-state index in [4.69, 9.17) is 5.11 Å². The lowest BCUT2D eigenvalue weighted by atomic mass is 11.6. The quantitative estimate of drug-likeness (QED) is 0.488. The van der Waals surface area contributed by atoms with Crippen LogP contribution in [0.1, 0.15) is 10.6 Å². The fraction of sp³-hybridized carbons (Fsp3) is 0. The molecular formula is C3H3N3O2. The Hall–Kier alpha value is -1.39. The summed E-state index contributed by atoms with van der Waals surface area (Å²) < 4.78 is 0. The lowest BCUT2D eigenvalue weighted by Gasteiger charge is -1.77. The van der Waals surface area contributed by atoms with Crippen molar-refractivity contribution in [3.63, 3.8) is 0 Å². The van der Waals surface area contributed by atoms with E-state index in [-0.39, 0.29) is 5.82 Å². The molecule has 0 saturated carbocycles. The minimum absolute atomic E-state index is 0.134. The maximum Gasteiger partial charge on any atom is 0.373 e. The van der Waals surface area contributed by atoms with Gasteiger partial charge in [-0.3, -0.25) is 5.10 Å². The van der Waals surface area contributed by atoms with E-state index < -0.39 is 5.97 Å². The molecule has 5 heteroatoms. The Morgan fingerprint density at radius 3 is 2.88 bits per heavy atom. The first-order chi connectivity index (χ1) is 3.80. The minimum atomic E-state index is -1.09. The zero-order chi connectivity index (χ0) is 5.98. The van der Waals surface area contributed by atoms with Gasteiger partial charge in [0.1, 0.15) is 6.33 Å². The first kappa shape index (κ1) is 4.76. The van der Waals surface area contributed by atoms with Crippen LogP contribution in [0.5, 0.6) is 0 Å². The van der Waals surface area contributed by atoms with Crippen molar-refractivity contribution in [3.05, 3.63) is 12.2 Å². The number of hydrogen-bond acceptors (Lipinski definition) is 3. The first-order valence-electron chi connectivity index (χ1n) is 1.89. The van der Waals surface area contributed by atoms with Crippen molar-refractivity contribution in [1.29, 1.82) is 0 Å². The first-order valence-corrected chi connectivity index (χ1v) is 1.89. The zero-order valence-corrected chi connectivity index (χ0v) is 3.83. The van der Waals surface area contributed by atoms with Crippen LogP contribution in [0.25, 0.3) is 0 Å². The van der Waals surface area contributed by atoms with E-state index in [0.29, 0.717) is 0 Å². The number of carboxylic acid groups (broad SMARTS) is 1. The molecule has 1 aromatic rings. The molecule has 0 radical (unpaired) electrons. The number of aromatic carboxylic acids is 1. The van der Waals surface area contributed by atoms with Gasteiger partial charge in [0, 0.05) is 0 Å². The maximum absolute atomic E-state index is 9.93. The third kappa shape index (κ3) is 0.651. The molecule has 0 spiro atoms. The van der Waals surface area contributed by atoms with Crippen molar-refractivity contribution in [2.75, 3.05) is 0 Å². The summed E-state index contributed by atoms with van der Waals surface area (Å²) in [6.45, 7) is 0. The van der Waals surface area contributed by atoms with Crippen molar-refractivity contribution in [2.45, 2.75) is 0 Å². The molecule has 2 N–H and O–H groups in total. The average Bonchev–Trinajstić information content (AvgIpc) is 2.12. The van der Waals surface area contributed by atoms with E-state index >= 15 is 0 Å². The number of aromatic nitrogens is 3. The number of carboxylic acids is 1. The van der Waals surface area contributed by atoms with Crippen LogP contribution in [0, 0.1) is 0 Å². The number of carbonyl (C=O) groups is 1. The van der Waals surface area contributed by atoms with Gasteiger partial charge in [-0.05, 0) is 0 Å². The minimum Gasteiger partial charge on any atom is -0.475 e. The molecule has 0 amide bonds. The zero-order valence-electron chi connectivity index (χ0n) is 3.83. The van der Waals surface area contributed by atoms with E-state index in [1.807, 2.05) is 0 Å². The Kier molecular flexibility index (Phi) is 0.957. The van der Waals surface area contributed by atoms with Gasteiger partial charge in [0.15, 0.2) is 0 Å². The molecule has 0 aliphatic rings. The molecule has 0 saturated heterocycles. The van der Waals surface area contributed by atoms with E-state index in [0.717, 1.165) is 6.33 Å². The number of nitrogens with zero attached hydrogens (tertiary/aromatic N) is 2. The smallest absolute Gasteiger partial charge is 0.373 e. The van der Waals surface area contributed by atoms with Crippen LogP contribution in [-0.4, -0.2) is 26.3 Å². The van der Waals surface area contributed by atoms with Crippen LogP contribution in [0.2, 0.25) is 0 Å². The van der Waals surface area contributed by atoms with Crippen LogP contribution in [-0.2, 0) is 0 Å². The highest BCUT2D eigenvalue weighted by molar-refractivity contribution is 5.82. The summed E-state index contributed by atoms with van der Waals surface area (Å²) in [6.07, 6.45) is 1.14. The summed E-state index contributed by atoms with van der Waals surface area (Å²) in [5.41, 5.74) is 0. The molecule has 0 bridgehead atoms. The van der Waals surface area contributed by atoms with E-state index in [9.17, 15) is 4.79 Å². The second-order valence-electron chi connectivity index (χ2n) is 1.14. The molecule has 0 aliphatic carbocycles. The largest absolute Gasteiger partial charge is 0.475 e. The normalized spacial score (nSPS) is 9.00. The van der Waals surface area contributed by atoms with Crippen molar-refractivity contribution in [3.8, 4) is 0 Å². The fourth-order valence-electron chi connectivity index (χ4n) is 0.309. The van der Waals surface area contributed by atoms with Gasteiger partial charge < -0.3 is 5.11 Å². The number of hydrogen-bond donors (Lipinski definition) is 2. The van der Waals surface area contributed by atoms with E-state index in [2.05, 4.69) is 15.2 Å². The van der Waals surface area contributed by atoms with E-state index in [1.54, 1.807) is 0 Å². The van der Waals surface area contributed by atoms with Gasteiger partial charge in [-0.1, -0.05) is 0 Å². The summed E-state index contributed by atoms with van der Waals surface area (Å²) in [5.74, 6) is -1.23. The second kappa shape index (κ2) is 1.61. The molecule has 1 heterocycles. The third-order valence-corrected chi connectivity index (χ3v) is 0.618. The third-order valence-electron chi connectivity index (χ3n) is 0.618. The van der Waals surface area contributed by atoms with Crippen LogP contribution in [0.15, 0.2) is 6.33 Å². The summed E-state index contributed by atoms with van der Waals surface area (Å²) in [7, 11) is 0. The van der Waals surface area contributed by atoms with Crippen LogP contribution in [0.4, 0.5) is 0 Å². The van der Waals surface area contributed by atoms with Gasteiger partial charge in [-0.25, -0.2) is 9.78 Å². The topological polar surface area (TPSA) is 78.9 Å². The summed E-state index contributed by atoms with van der Waals surface area (Å²) in [6, 6.07) is 0. The van der Waals surface area contributed by atoms with Gasteiger partial charge in [-0.15, -0.1) is 0 Å². The number of H-pyrrole nitrogens is 1. The number of rotatable bonds is 1. The van der Waals surface area contributed by atoms with Gasteiger partial charge >= 0.3 is 5.97 Å². The van der Waals surface area contributed by atoms with Gasteiger partial charge in [0.2, 0.25) is 5.82 Å². The molecule has 0 atom stereocenters. The van der Waals surface area contributed by atoms with Crippen molar-refractivity contribution >= 4 is 5.97 Å². The Bertz CT molecular complexity index is 180. The lowest BCUT2D eigenvalue weighted by Crippen LogP contribution is -1.97. The molecule has 8 heavy (non-hydrogen) atoms. The highest BCUT2D eigenvalue weighted by Crippen LogP contribution is 1.80. The Balaban J connectivity index is 2.93. The van der Waals surface area contributed by atoms with Crippen LogP contribution in [0.3, 0.4) is 0 Å². The summed E-state index contributed by atoms with van der Waals surface area (Å²) in [5, 5.41) is 13.6. The summed E-state index contributed by atoms with van der Waals surface area (Å²) >= 11 is 0. The molecule has 1 aromatic heterocycles. The predicted octanol–water partition coefficient (Wildman–Crippen LogP) is -0.497. The van der Waals surface area contributed by atoms with Crippen LogP contribution < -0.4 is 0 Å². The van der Waals surface area contributed by atoms with Gasteiger partial charge in [0.05, 0.1) is 0 Å². The van der Waals surface area contributed by atoms with Crippen molar-refractivity contribution in [2.24, 2.45) is 0 Å². The summed E-state index contributed by atoms with van der Waals surface area (Å²) in [4.78, 5) is 13.3. The highest BCUT2D eigenvalue weighted by Gasteiger charge is 2.01. The monoisotopic (exact) mass is 119 g/mol. The fourth-order valence-corrected chi connectivity index (χ4v) is 0.309. The van der Waals surface area contributed by atoms with E-state index in [1.165, 1.54) is 0 Å². The molecule has 5 nitrogen and oxygen atoms in total. The predicted molar refractivity (Wildman–Crippen MR) is 23.3 cm³/mol. The Morgan fingerprint density at radius 2 is 2.62 bits per heavy atom. The molecule has 0 aromatic carbocycles. The number of nitrogens with one attached hydrogen (secondary N) is 1. The Morgan fingerprint density at radius 1 is 1.88 bits per heavy atom. The van der Waals surface area contributed by atoms with Crippen molar-refractivity contribution in [1.82, 2.24) is 15.2 Å². The van der Waals surface area contributed by atoms with Gasteiger partial charge in [0.25, 0.3) is 0 Å². The SMILES string of the molecule is O=[13C](O)[13c]1[15n][13cH][15n][15nH]1. The maximum atomic E-state index is 9.93. The molecule has 1 rings (SSSR count). The highest BCUT2D eigenvalue weighted by atomic mass is 16.5. The molecule has 0 unspecified atom stereocenters. The molecular weight excluding hydrogens is 116 g/mol. The molecule has 0 aliphatic heterocycles. The standard InChI is InChI=1S/C3H3N3O2/c7-3(8)2-4-1-5-6-2/h1H,(H,7,8)(H,4,5,6)/i1+1,2+1,3+1,4+1,5+1,6+1. The molecule has 42 valence electrons. The molecule has 0 fully saturated rings. The lowest BCUT2D eigenvalue weighted by molar-refractivity contribution is 0.0684. The Labute approximate surface area is 44.4 Å². The van der Waals surface area contributed by atoms with Crippen molar-refractivity contribution < 1.29 is 9.90 Å². The number of aromatic amines is 1.